The van der Waals surface area contributed by atoms with E-state index in [1.807, 2.05) is 0 Å². The van der Waals surface area contributed by atoms with Gasteiger partial charge in [-0.2, -0.15) is 0 Å². The van der Waals surface area contributed by atoms with Crippen LogP contribution < -0.4 is 0 Å². The van der Waals surface area contributed by atoms with Crippen molar-refractivity contribution < 1.29 is 9.90 Å². The fraction of sp³-hybridized carbons (Fsp3) is 0.929. The lowest BCUT2D eigenvalue weighted by Gasteiger charge is -2.41. The predicted molar refractivity (Wildman–Crippen MR) is 67.9 cm³/mol. The summed E-state index contributed by atoms with van der Waals surface area (Å²) >= 11 is 0. The molecule has 98 valence electrons. The predicted octanol–water partition coefficient (Wildman–Crippen LogP) is 2.75. The molecule has 0 radical (unpaired) electrons. The third-order valence-electron chi connectivity index (χ3n) is 4.10. The number of rotatable bonds is 3. The van der Waals surface area contributed by atoms with Gasteiger partial charge in [0.25, 0.3) is 0 Å². The summed E-state index contributed by atoms with van der Waals surface area (Å²) < 4.78 is 0. The Morgan fingerprint density at radius 1 is 1.24 bits per heavy atom. The van der Waals surface area contributed by atoms with Gasteiger partial charge < -0.3 is 5.11 Å². The number of hydrogen-bond donors (Lipinski definition) is 1. The Morgan fingerprint density at radius 2 is 1.76 bits per heavy atom. The Bertz CT molecular complexity index is 281. The summed E-state index contributed by atoms with van der Waals surface area (Å²) in [7, 11) is 0. The molecule has 1 N–H and O–H groups in total. The Balaban J connectivity index is 1.96. The average Bonchev–Trinajstić information content (AvgIpc) is 2.42. The Labute approximate surface area is 104 Å². The first-order valence-corrected chi connectivity index (χ1v) is 6.83. The fourth-order valence-corrected chi connectivity index (χ4v) is 3.61. The quantitative estimate of drug-likeness (QED) is 0.823. The highest BCUT2D eigenvalue weighted by molar-refractivity contribution is 5.67. The minimum atomic E-state index is -0.626. The van der Waals surface area contributed by atoms with Crippen LogP contribution in [-0.2, 0) is 4.79 Å². The molecule has 2 saturated heterocycles. The maximum absolute atomic E-state index is 10.8. The van der Waals surface area contributed by atoms with E-state index < -0.39 is 5.97 Å². The van der Waals surface area contributed by atoms with Crippen LogP contribution in [0, 0.1) is 11.3 Å². The summed E-state index contributed by atoms with van der Waals surface area (Å²) in [6.45, 7) is 8.02. The molecule has 2 atom stereocenters. The number of nitrogens with zero attached hydrogens (tertiary/aromatic N) is 1. The van der Waals surface area contributed by atoms with Crippen LogP contribution in [0.15, 0.2) is 0 Å². The lowest BCUT2D eigenvalue weighted by molar-refractivity contribution is -0.138. The monoisotopic (exact) mass is 239 g/mol. The van der Waals surface area contributed by atoms with Crippen molar-refractivity contribution >= 4 is 5.97 Å². The van der Waals surface area contributed by atoms with E-state index in [1.54, 1.807) is 0 Å². The van der Waals surface area contributed by atoms with Gasteiger partial charge in [0.1, 0.15) is 0 Å². The molecule has 0 saturated carbocycles. The fourth-order valence-electron chi connectivity index (χ4n) is 3.61. The van der Waals surface area contributed by atoms with Gasteiger partial charge >= 0.3 is 5.97 Å². The van der Waals surface area contributed by atoms with Crippen molar-refractivity contribution in [1.82, 2.24) is 4.90 Å². The van der Waals surface area contributed by atoms with Crippen LogP contribution in [0.1, 0.15) is 52.9 Å². The molecule has 3 nitrogen and oxygen atoms in total. The highest BCUT2D eigenvalue weighted by Crippen LogP contribution is 2.41. The van der Waals surface area contributed by atoms with Crippen LogP contribution >= 0.6 is 0 Å². The second-order valence-corrected chi connectivity index (χ2v) is 7.05. The van der Waals surface area contributed by atoms with Crippen molar-refractivity contribution in [2.45, 2.75) is 65.0 Å². The normalized spacial score (nSPS) is 33.9. The van der Waals surface area contributed by atoms with Crippen LogP contribution in [0.25, 0.3) is 0 Å². The van der Waals surface area contributed by atoms with Gasteiger partial charge in [0.2, 0.25) is 0 Å². The number of carbonyl (C=O) groups is 1. The lowest BCUT2D eigenvalue weighted by Crippen LogP contribution is -2.46. The Morgan fingerprint density at radius 3 is 2.18 bits per heavy atom. The van der Waals surface area contributed by atoms with Gasteiger partial charge in [0.05, 0.1) is 0 Å². The second-order valence-electron chi connectivity index (χ2n) is 7.05. The number of aliphatic carboxylic acids is 1. The Hall–Kier alpha value is -0.570. The van der Waals surface area contributed by atoms with E-state index in [9.17, 15) is 4.79 Å². The molecule has 0 aromatic rings. The number of piperidine rings is 1. The van der Waals surface area contributed by atoms with E-state index in [0.29, 0.717) is 29.8 Å². The van der Waals surface area contributed by atoms with Crippen LogP contribution in [-0.4, -0.2) is 34.6 Å². The van der Waals surface area contributed by atoms with Gasteiger partial charge in [-0.15, -0.1) is 0 Å². The van der Waals surface area contributed by atoms with Gasteiger partial charge in [-0.1, -0.05) is 20.8 Å². The molecule has 3 heteroatoms. The Kier molecular flexibility index (Phi) is 3.48. The summed E-state index contributed by atoms with van der Waals surface area (Å²) in [5.41, 5.74) is 0.348. The number of carboxylic acid groups (broad SMARTS) is 1. The van der Waals surface area contributed by atoms with E-state index in [2.05, 4.69) is 25.7 Å². The largest absolute Gasteiger partial charge is 0.481 e. The van der Waals surface area contributed by atoms with Gasteiger partial charge in [0, 0.05) is 25.0 Å². The summed E-state index contributed by atoms with van der Waals surface area (Å²) in [4.78, 5) is 13.4. The summed E-state index contributed by atoms with van der Waals surface area (Å²) in [6.07, 6.45) is 5.11. The molecular weight excluding hydrogens is 214 g/mol. The minimum Gasteiger partial charge on any atom is -0.481 e. The van der Waals surface area contributed by atoms with E-state index in [0.717, 1.165) is 19.4 Å². The van der Waals surface area contributed by atoms with Gasteiger partial charge in [-0.3, -0.25) is 9.69 Å². The molecule has 0 amide bonds. The third kappa shape index (κ3) is 3.21. The molecule has 17 heavy (non-hydrogen) atoms. The van der Waals surface area contributed by atoms with E-state index >= 15 is 0 Å². The van der Waals surface area contributed by atoms with Crippen molar-refractivity contribution in [1.29, 1.82) is 0 Å². The molecule has 2 aliphatic rings. The molecule has 2 fully saturated rings. The molecule has 2 bridgehead atoms. The first-order chi connectivity index (χ1) is 7.85. The van der Waals surface area contributed by atoms with Crippen molar-refractivity contribution in [3.05, 3.63) is 0 Å². The van der Waals surface area contributed by atoms with Crippen molar-refractivity contribution in [2.75, 3.05) is 6.54 Å². The van der Waals surface area contributed by atoms with E-state index in [1.165, 1.54) is 12.8 Å². The first kappa shape index (κ1) is 12.9. The molecule has 2 unspecified atom stereocenters. The smallest absolute Gasteiger partial charge is 0.303 e. The molecule has 0 aliphatic carbocycles. The summed E-state index contributed by atoms with van der Waals surface area (Å²) in [5.74, 6) is -0.208. The zero-order valence-corrected chi connectivity index (χ0v) is 11.3. The van der Waals surface area contributed by atoms with Crippen LogP contribution in [0.4, 0.5) is 0 Å². The van der Waals surface area contributed by atoms with Crippen LogP contribution in [0.2, 0.25) is 0 Å². The van der Waals surface area contributed by atoms with E-state index in [-0.39, 0.29) is 0 Å². The standard InChI is InChI=1S/C14H25NO2/c1-14(2,3)9-15-11-4-5-12(15)7-10(6-11)8-13(16)17/h10-12H,4-9H2,1-3H3,(H,16,17). The average molecular weight is 239 g/mol. The zero-order chi connectivity index (χ0) is 12.6. The maximum atomic E-state index is 10.8. The molecule has 2 heterocycles. The van der Waals surface area contributed by atoms with Gasteiger partial charge in [-0.25, -0.2) is 0 Å². The molecular formula is C14H25NO2. The number of carboxylic acids is 1. The van der Waals surface area contributed by atoms with Crippen molar-refractivity contribution in [2.24, 2.45) is 11.3 Å². The molecule has 0 aromatic heterocycles. The summed E-state index contributed by atoms with van der Waals surface area (Å²) in [5, 5.41) is 8.90. The first-order valence-electron chi connectivity index (χ1n) is 6.83. The maximum Gasteiger partial charge on any atom is 0.303 e. The number of hydrogen-bond acceptors (Lipinski definition) is 2. The molecule has 0 spiro atoms. The number of fused-ring (bicyclic) bond motifs is 2. The lowest BCUT2D eigenvalue weighted by atomic mass is 9.86. The molecule has 0 aromatic carbocycles. The molecule has 2 rings (SSSR count). The third-order valence-corrected chi connectivity index (χ3v) is 4.10. The summed E-state index contributed by atoms with van der Waals surface area (Å²) in [6, 6.07) is 1.30. The van der Waals surface area contributed by atoms with Crippen LogP contribution in [0.5, 0.6) is 0 Å². The highest BCUT2D eigenvalue weighted by atomic mass is 16.4. The SMILES string of the molecule is CC(C)(C)CN1C2CCC1CC(CC(=O)O)C2. The van der Waals surface area contributed by atoms with Gasteiger partial charge in [-0.05, 0) is 37.0 Å². The topological polar surface area (TPSA) is 40.5 Å². The van der Waals surface area contributed by atoms with Crippen molar-refractivity contribution in [3.63, 3.8) is 0 Å². The zero-order valence-electron chi connectivity index (χ0n) is 11.3. The second kappa shape index (κ2) is 4.60. The minimum absolute atomic E-state index is 0.348. The van der Waals surface area contributed by atoms with E-state index in [4.69, 9.17) is 5.11 Å². The highest BCUT2D eigenvalue weighted by Gasteiger charge is 2.42. The van der Waals surface area contributed by atoms with Crippen molar-refractivity contribution in [3.8, 4) is 0 Å². The van der Waals surface area contributed by atoms with Gasteiger partial charge in [0.15, 0.2) is 0 Å². The van der Waals surface area contributed by atoms with Crippen LogP contribution in [0.3, 0.4) is 0 Å². The molecule has 2 aliphatic heterocycles.